The lowest BCUT2D eigenvalue weighted by atomic mass is 9.92. The zero-order chi connectivity index (χ0) is 29.2. The number of anilines is 1. The highest BCUT2D eigenvalue weighted by molar-refractivity contribution is 6.31. The molecule has 4 rings (SSSR count). The van der Waals surface area contributed by atoms with E-state index in [4.69, 9.17) is 21.1 Å². The molecule has 0 radical (unpaired) electrons. The fourth-order valence-corrected chi connectivity index (χ4v) is 4.17. The Morgan fingerprint density at radius 1 is 1.02 bits per heavy atom. The number of nitrogens with one attached hydrogen (secondary N) is 2. The van der Waals surface area contributed by atoms with E-state index in [0.717, 1.165) is 18.3 Å². The zero-order valence-corrected chi connectivity index (χ0v) is 22.6. The summed E-state index contributed by atoms with van der Waals surface area (Å²) in [5, 5.41) is 5.47. The van der Waals surface area contributed by atoms with Crippen molar-refractivity contribution in [2.75, 3.05) is 12.4 Å². The number of amides is 1. The minimum absolute atomic E-state index is 0.0184. The highest BCUT2D eigenvalue weighted by Gasteiger charge is 2.35. The predicted octanol–water partition coefficient (Wildman–Crippen LogP) is 6.17. The quantitative estimate of drug-likeness (QED) is 0.354. The van der Waals surface area contributed by atoms with Crippen molar-refractivity contribution in [2.24, 2.45) is 4.99 Å². The number of hydrogen-bond acceptors (Lipinski definition) is 7. The Morgan fingerprint density at radius 3 is 2.33 bits per heavy atom. The van der Waals surface area contributed by atoms with Gasteiger partial charge in [0.25, 0.3) is 0 Å². The number of amidine groups is 1. The monoisotopic (exact) mass is 572 g/mol. The van der Waals surface area contributed by atoms with Crippen LogP contribution in [0.1, 0.15) is 43.6 Å². The summed E-state index contributed by atoms with van der Waals surface area (Å²) in [6, 6.07) is 9.28. The molecule has 0 saturated heterocycles. The summed E-state index contributed by atoms with van der Waals surface area (Å²) in [6.07, 6.45) is 0.155. The van der Waals surface area contributed by atoms with Gasteiger partial charge in [0.1, 0.15) is 29.0 Å². The van der Waals surface area contributed by atoms with Gasteiger partial charge in [-0.25, -0.2) is 27.7 Å². The van der Waals surface area contributed by atoms with Crippen molar-refractivity contribution in [1.82, 2.24) is 10.3 Å². The number of pyridine rings is 1. The van der Waals surface area contributed by atoms with Crippen molar-refractivity contribution in [1.29, 1.82) is 0 Å². The maximum absolute atomic E-state index is 14.8. The molecular formula is C28H24ClF3N4O4. The van der Waals surface area contributed by atoms with Crippen LogP contribution in [0.5, 0.6) is 0 Å². The Labute approximate surface area is 232 Å². The Balaban J connectivity index is 1.84. The van der Waals surface area contributed by atoms with Gasteiger partial charge >= 0.3 is 12.1 Å². The maximum Gasteiger partial charge on any atom is 0.412 e. The molecule has 1 aliphatic heterocycles. The third-order valence-electron chi connectivity index (χ3n) is 5.56. The van der Waals surface area contributed by atoms with E-state index in [9.17, 15) is 22.8 Å². The number of methoxy groups -OCH3 is 1. The van der Waals surface area contributed by atoms with Crippen LogP contribution in [0.25, 0.3) is 5.70 Å². The summed E-state index contributed by atoms with van der Waals surface area (Å²) < 4.78 is 52.5. The highest BCUT2D eigenvalue weighted by Crippen LogP contribution is 2.39. The first-order valence-electron chi connectivity index (χ1n) is 11.9. The van der Waals surface area contributed by atoms with E-state index in [-0.39, 0.29) is 33.4 Å². The third kappa shape index (κ3) is 6.42. The molecule has 0 saturated carbocycles. The number of aliphatic imine (C=N–C) groups is 1. The molecule has 0 aliphatic carbocycles. The van der Waals surface area contributed by atoms with Crippen LogP contribution in [0.15, 0.2) is 65.3 Å². The topological polar surface area (TPSA) is 102 Å². The first-order valence-corrected chi connectivity index (χ1v) is 12.3. The van der Waals surface area contributed by atoms with Crippen LogP contribution in [0.4, 0.5) is 23.7 Å². The van der Waals surface area contributed by atoms with Gasteiger partial charge in [-0.3, -0.25) is 10.3 Å². The highest BCUT2D eigenvalue weighted by atomic mass is 35.5. The molecule has 1 atom stereocenters. The number of esters is 1. The molecule has 208 valence electrons. The molecule has 0 spiro atoms. The van der Waals surface area contributed by atoms with Crippen LogP contribution in [0, 0.1) is 17.5 Å². The Hall–Kier alpha value is -4.38. The maximum atomic E-state index is 14.8. The number of carbonyl (C=O) groups is 2. The minimum atomic E-state index is -1.18. The van der Waals surface area contributed by atoms with E-state index >= 15 is 0 Å². The molecule has 0 fully saturated rings. The van der Waals surface area contributed by atoms with Gasteiger partial charge in [-0.2, -0.15) is 0 Å². The number of aromatic nitrogens is 1. The lowest BCUT2D eigenvalue weighted by Gasteiger charge is -2.28. The molecular weight excluding hydrogens is 549 g/mol. The number of nitrogens with zero attached hydrogens (tertiary/aromatic N) is 2. The average molecular weight is 573 g/mol. The number of carbonyl (C=O) groups excluding carboxylic acids is 2. The van der Waals surface area contributed by atoms with E-state index < -0.39 is 41.2 Å². The molecule has 1 amide bonds. The average Bonchev–Trinajstić information content (AvgIpc) is 2.87. The molecule has 1 unspecified atom stereocenters. The van der Waals surface area contributed by atoms with E-state index in [1.165, 1.54) is 13.2 Å². The fraction of sp³-hybridized carbons (Fsp3) is 0.214. The van der Waals surface area contributed by atoms with Gasteiger partial charge in [0, 0.05) is 22.3 Å². The zero-order valence-electron chi connectivity index (χ0n) is 21.8. The smallest absolute Gasteiger partial charge is 0.412 e. The van der Waals surface area contributed by atoms with Crippen LogP contribution >= 0.6 is 11.6 Å². The first kappa shape index (κ1) is 28.6. The lowest BCUT2D eigenvalue weighted by molar-refractivity contribution is -0.136. The summed E-state index contributed by atoms with van der Waals surface area (Å²) in [6.45, 7) is 5.19. The van der Waals surface area contributed by atoms with E-state index in [0.29, 0.717) is 17.3 Å². The molecule has 8 nitrogen and oxygen atoms in total. The van der Waals surface area contributed by atoms with Crippen LogP contribution in [-0.4, -0.2) is 35.6 Å². The van der Waals surface area contributed by atoms with Crippen molar-refractivity contribution in [3.05, 3.63) is 99.6 Å². The standard InChI is InChI=1S/C28H24ClF3N4O4/c1-28(2,3)40-27(38)34-17-8-5-14(6-9-17)22-21(26(37)39-4)23(18-10-7-15(30)11-19(18)29)36-25(35-22)24-20(32)12-16(31)13-33-24/h5-13,23H,1-4H3,(H,34,38)(H,35,36). The van der Waals surface area contributed by atoms with Gasteiger partial charge in [0.2, 0.25) is 0 Å². The lowest BCUT2D eigenvalue weighted by Crippen LogP contribution is -2.34. The molecule has 2 aromatic carbocycles. The molecule has 1 aliphatic rings. The predicted molar refractivity (Wildman–Crippen MR) is 143 cm³/mol. The molecule has 2 N–H and O–H groups in total. The normalized spacial score (nSPS) is 15.2. The number of benzene rings is 2. The van der Waals surface area contributed by atoms with E-state index in [1.54, 1.807) is 45.0 Å². The van der Waals surface area contributed by atoms with Crippen LogP contribution in [-0.2, 0) is 14.3 Å². The number of halogens is 4. The van der Waals surface area contributed by atoms with Crippen LogP contribution < -0.4 is 10.6 Å². The Bertz CT molecular complexity index is 1540. The minimum Gasteiger partial charge on any atom is -0.466 e. The third-order valence-corrected chi connectivity index (χ3v) is 5.89. The number of rotatable bonds is 5. The van der Waals surface area contributed by atoms with Crippen molar-refractivity contribution < 1.29 is 32.2 Å². The van der Waals surface area contributed by atoms with Gasteiger partial charge in [0.05, 0.1) is 24.6 Å². The summed E-state index contributed by atoms with van der Waals surface area (Å²) in [7, 11) is 1.17. The summed E-state index contributed by atoms with van der Waals surface area (Å²) in [5.41, 5.74) is 0.138. The van der Waals surface area contributed by atoms with Crippen molar-refractivity contribution >= 4 is 40.9 Å². The molecule has 3 aromatic rings. The summed E-state index contributed by atoms with van der Waals surface area (Å²) in [4.78, 5) is 33.5. The second-order valence-corrected chi connectivity index (χ2v) is 10.0. The molecule has 2 heterocycles. The molecule has 0 bridgehead atoms. The SMILES string of the molecule is COC(=O)C1=C(c2ccc(NC(=O)OC(C)(C)C)cc2)NC(c2ncc(F)cc2F)=NC1c1ccc(F)cc1Cl. The van der Waals surface area contributed by atoms with Gasteiger partial charge in [-0.1, -0.05) is 29.8 Å². The largest absolute Gasteiger partial charge is 0.466 e. The van der Waals surface area contributed by atoms with Gasteiger partial charge in [0.15, 0.2) is 11.7 Å². The van der Waals surface area contributed by atoms with Crippen molar-refractivity contribution in [3.8, 4) is 0 Å². The number of ether oxygens (including phenoxy) is 2. The number of hydrogen-bond donors (Lipinski definition) is 2. The molecule has 12 heteroatoms. The second-order valence-electron chi connectivity index (χ2n) is 9.64. The van der Waals surface area contributed by atoms with E-state index in [1.807, 2.05) is 0 Å². The summed E-state index contributed by atoms with van der Waals surface area (Å²) in [5.74, 6) is -3.45. The Kier molecular flexibility index (Phi) is 8.15. The van der Waals surface area contributed by atoms with Gasteiger partial charge in [-0.05, 0) is 50.6 Å². The summed E-state index contributed by atoms with van der Waals surface area (Å²) >= 11 is 6.33. The van der Waals surface area contributed by atoms with Gasteiger partial charge in [-0.15, -0.1) is 0 Å². The van der Waals surface area contributed by atoms with Crippen molar-refractivity contribution in [3.63, 3.8) is 0 Å². The second kappa shape index (κ2) is 11.4. The first-order chi connectivity index (χ1) is 18.9. The van der Waals surface area contributed by atoms with E-state index in [2.05, 4.69) is 20.6 Å². The van der Waals surface area contributed by atoms with Crippen molar-refractivity contribution in [2.45, 2.75) is 32.4 Å². The molecule has 1 aromatic heterocycles. The Morgan fingerprint density at radius 2 is 1.73 bits per heavy atom. The van der Waals surface area contributed by atoms with Gasteiger partial charge < -0.3 is 14.8 Å². The van der Waals surface area contributed by atoms with Crippen LogP contribution in [0.2, 0.25) is 5.02 Å². The fourth-order valence-electron chi connectivity index (χ4n) is 3.90. The molecule has 40 heavy (non-hydrogen) atoms. The van der Waals surface area contributed by atoms with Crippen LogP contribution in [0.3, 0.4) is 0 Å².